The highest BCUT2D eigenvalue weighted by Crippen LogP contribution is 2.22. The lowest BCUT2D eigenvalue weighted by molar-refractivity contribution is -0.141. The molecule has 0 spiro atoms. The molecule has 0 aliphatic carbocycles. The Balaban J connectivity index is 1.84. The van der Waals surface area contributed by atoms with Crippen molar-refractivity contribution in [2.24, 2.45) is 0 Å². The van der Waals surface area contributed by atoms with Gasteiger partial charge < -0.3 is 14.7 Å². The molecule has 1 aliphatic heterocycles. The highest BCUT2D eigenvalue weighted by atomic mass is 16.5. The molecule has 1 fully saturated rings. The number of aliphatic carboxylic acids is 1. The second-order valence-corrected chi connectivity index (χ2v) is 5.49. The summed E-state index contributed by atoms with van der Waals surface area (Å²) in [6.45, 7) is 0.977. The molecule has 1 amide bonds. The molecule has 2 aromatic rings. The van der Waals surface area contributed by atoms with Crippen molar-refractivity contribution in [2.75, 3.05) is 19.7 Å². The SMILES string of the molecule is O=C(O)CC1CN(C(=O)c2cncnc2-c2ccccc2)CCO1. The number of carboxylic acids is 1. The maximum atomic E-state index is 12.9. The summed E-state index contributed by atoms with van der Waals surface area (Å²) in [6.07, 6.45) is 2.29. The van der Waals surface area contributed by atoms with Crippen LogP contribution in [0.2, 0.25) is 0 Å². The van der Waals surface area contributed by atoms with E-state index in [1.165, 1.54) is 12.5 Å². The molecule has 7 nitrogen and oxygen atoms in total. The van der Waals surface area contributed by atoms with Gasteiger partial charge >= 0.3 is 5.97 Å². The summed E-state index contributed by atoms with van der Waals surface area (Å²) in [5, 5.41) is 8.90. The third-order valence-electron chi connectivity index (χ3n) is 3.82. The molecule has 0 saturated carbocycles. The van der Waals surface area contributed by atoms with E-state index in [1.54, 1.807) is 4.90 Å². The van der Waals surface area contributed by atoms with Gasteiger partial charge in [0.15, 0.2) is 0 Å². The molecule has 3 rings (SSSR count). The summed E-state index contributed by atoms with van der Waals surface area (Å²) in [7, 11) is 0. The van der Waals surface area contributed by atoms with Crippen LogP contribution in [-0.2, 0) is 9.53 Å². The van der Waals surface area contributed by atoms with Crippen molar-refractivity contribution in [3.05, 3.63) is 48.4 Å². The zero-order valence-electron chi connectivity index (χ0n) is 13.0. The second kappa shape index (κ2) is 7.18. The third-order valence-corrected chi connectivity index (χ3v) is 3.82. The summed E-state index contributed by atoms with van der Waals surface area (Å²) in [4.78, 5) is 33.5. The molecule has 1 atom stereocenters. The lowest BCUT2D eigenvalue weighted by Gasteiger charge is -2.32. The molecule has 2 heterocycles. The van der Waals surface area contributed by atoms with Gasteiger partial charge in [-0.2, -0.15) is 0 Å². The predicted octanol–water partition coefficient (Wildman–Crippen LogP) is 1.46. The molecule has 0 radical (unpaired) electrons. The van der Waals surface area contributed by atoms with E-state index in [-0.39, 0.29) is 18.9 Å². The largest absolute Gasteiger partial charge is 0.481 e. The predicted molar refractivity (Wildman–Crippen MR) is 85.4 cm³/mol. The maximum absolute atomic E-state index is 12.9. The van der Waals surface area contributed by atoms with Crippen molar-refractivity contribution in [3.63, 3.8) is 0 Å². The summed E-state index contributed by atoms with van der Waals surface area (Å²) in [5.74, 6) is -1.16. The Hall–Kier alpha value is -2.80. The quantitative estimate of drug-likeness (QED) is 0.914. The number of aromatic nitrogens is 2. The first-order chi connectivity index (χ1) is 11.6. The Labute approximate surface area is 138 Å². The van der Waals surface area contributed by atoms with E-state index in [0.717, 1.165) is 5.56 Å². The van der Waals surface area contributed by atoms with Crippen molar-refractivity contribution >= 4 is 11.9 Å². The summed E-state index contributed by atoms with van der Waals surface area (Å²) < 4.78 is 5.41. The molecule has 1 N–H and O–H groups in total. The van der Waals surface area contributed by atoms with Crippen LogP contribution < -0.4 is 0 Å². The van der Waals surface area contributed by atoms with Crippen LogP contribution in [0.25, 0.3) is 11.3 Å². The highest BCUT2D eigenvalue weighted by molar-refractivity contribution is 5.99. The Kier molecular flexibility index (Phi) is 4.81. The van der Waals surface area contributed by atoms with E-state index >= 15 is 0 Å². The lowest BCUT2D eigenvalue weighted by atomic mass is 10.1. The molecule has 1 aromatic heterocycles. The Morgan fingerprint density at radius 1 is 1.29 bits per heavy atom. The Morgan fingerprint density at radius 3 is 2.83 bits per heavy atom. The van der Waals surface area contributed by atoms with E-state index in [4.69, 9.17) is 9.84 Å². The number of ether oxygens (including phenoxy) is 1. The van der Waals surface area contributed by atoms with Gasteiger partial charge in [-0.1, -0.05) is 30.3 Å². The zero-order valence-corrected chi connectivity index (χ0v) is 13.0. The van der Waals surface area contributed by atoms with Crippen molar-refractivity contribution in [3.8, 4) is 11.3 Å². The fraction of sp³-hybridized carbons (Fsp3) is 0.294. The first kappa shape index (κ1) is 16.1. The fourth-order valence-electron chi connectivity index (χ4n) is 2.70. The van der Waals surface area contributed by atoms with Crippen molar-refractivity contribution in [2.45, 2.75) is 12.5 Å². The Morgan fingerprint density at radius 2 is 2.08 bits per heavy atom. The number of carbonyl (C=O) groups excluding carboxylic acids is 1. The van der Waals surface area contributed by atoms with Gasteiger partial charge in [0, 0.05) is 24.8 Å². The minimum Gasteiger partial charge on any atom is -0.481 e. The molecule has 1 aromatic carbocycles. The van der Waals surface area contributed by atoms with Crippen molar-refractivity contribution < 1.29 is 19.4 Å². The number of rotatable bonds is 4. The van der Waals surface area contributed by atoms with Crippen molar-refractivity contribution in [1.82, 2.24) is 14.9 Å². The van der Waals surface area contributed by atoms with E-state index in [1.807, 2.05) is 30.3 Å². The monoisotopic (exact) mass is 327 g/mol. The van der Waals surface area contributed by atoms with Gasteiger partial charge in [0.25, 0.3) is 5.91 Å². The zero-order chi connectivity index (χ0) is 16.9. The van der Waals surface area contributed by atoms with Crippen LogP contribution in [0.1, 0.15) is 16.8 Å². The summed E-state index contributed by atoms with van der Waals surface area (Å²) in [5.41, 5.74) is 1.80. The number of nitrogens with zero attached hydrogens (tertiary/aromatic N) is 3. The van der Waals surface area contributed by atoms with E-state index in [9.17, 15) is 9.59 Å². The Bertz CT molecular complexity index is 736. The van der Waals surface area contributed by atoms with E-state index in [2.05, 4.69) is 9.97 Å². The molecule has 24 heavy (non-hydrogen) atoms. The van der Waals surface area contributed by atoms with Crippen LogP contribution in [0.15, 0.2) is 42.9 Å². The smallest absolute Gasteiger partial charge is 0.306 e. The van der Waals surface area contributed by atoms with Crippen LogP contribution in [0.3, 0.4) is 0 Å². The second-order valence-electron chi connectivity index (χ2n) is 5.49. The fourth-order valence-corrected chi connectivity index (χ4v) is 2.70. The van der Waals surface area contributed by atoms with E-state index < -0.39 is 12.1 Å². The number of amides is 1. The van der Waals surface area contributed by atoms with Crippen LogP contribution in [0, 0.1) is 0 Å². The third kappa shape index (κ3) is 3.57. The van der Waals surface area contributed by atoms with Gasteiger partial charge in [0.2, 0.25) is 0 Å². The molecule has 0 bridgehead atoms. The summed E-state index contributed by atoms with van der Waals surface area (Å²) >= 11 is 0. The number of carboxylic acid groups (broad SMARTS) is 1. The van der Waals surface area contributed by atoms with Crippen molar-refractivity contribution in [1.29, 1.82) is 0 Å². The summed E-state index contributed by atoms with van der Waals surface area (Å²) in [6, 6.07) is 9.41. The molecule has 1 saturated heterocycles. The van der Waals surface area contributed by atoms with Gasteiger partial charge in [-0.15, -0.1) is 0 Å². The number of carbonyl (C=O) groups is 2. The molecule has 7 heteroatoms. The highest BCUT2D eigenvalue weighted by Gasteiger charge is 2.28. The average Bonchev–Trinajstić information content (AvgIpc) is 2.61. The minimum atomic E-state index is -0.942. The van der Waals surface area contributed by atoms with Gasteiger partial charge in [-0.25, -0.2) is 9.97 Å². The first-order valence-electron chi connectivity index (χ1n) is 7.63. The normalized spacial score (nSPS) is 17.5. The number of hydrogen-bond donors (Lipinski definition) is 1. The van der Waals surface area contributed by atoms with Crippen LogP contribution in [-0.4, -0.2) is 57.7 Å². The number of benzene rings is 1. The maximum Gasteiger partial charge on any atom is 0.306 e. The molecular formula is C17H17N3O4. The van der Waals surface area contributed by atoms with Crippen LogP contribution >= 0.6 is 0 Å². The van der Waals surface area contributed by atoms with Gasteiger partial charge in [-0.3, -0.25) is 9.59 Å². The molecular weight excluding hydrogens is 310 g/mol. The van der Waals surface area contributed by atoms with Gasteiger partial charge in [0.05, 0.1) is 30.4 Å². The first-order valence-corrected chi connectivity index (χ1v) is 7.63. The topological polar surface area (TPSA) is 92.6 Å². The van der Waals surface area contributed by atoms with Gasteiger partial charge in [0.1, 0.15) is 6.33 Å². The standard InChI is InChI=1S/C17H17N3O4/c21-15(22)8-13-10-20(6-7-24-13)17(23)14-9-18-11-19-16(14)12-4-2-1-3-5-12/h1-5,9,11,13H,6-8,10H2,(H,21,22). The van der Waals surface area contributed by atoms with Gasteiger partial charge in [-0.05, 0) is 0 Å². The van der Waals surface area contributed by atoms with Crippen LogP contribution in [0.4, 0.5) is 0 Å². The average molecular weight is 327 g/mol. The minimum absolute atomic E-state index is 0.124. The number of hydrogen-bond acceptors (Lipinski definition) is 5. The van der Waals surface area contributed by atoms with E-state index in [0.29, 0.717) is 24.4 Å². The molecule has 124 valence electrons. The lowest BCUT2D eigenvalue weighted by Crippen LogP contribution is -2.46. The number of morpholine rings is 1. The molecule has 1 aliphatic rings. The van der Waals surface area contributed by atoms with Crippen LogP contribution in [0.5, 0.6) is 0 Å². The molecule has 1 unspecified atom stereocenters.